The molecule has 0 amide bonds. The zero-order valence-corrected chi connectivity index (χ0v) is 7.26. The molecule has 0 bridgehead atoms. The third-order valence-electron chi connectivity index (χ3n) is 1.70. The van der Waals surface area contributed by atoms with Crippen LogP contribution in [0.5, 0.6) is 0 Å². The summed E-state index contributed by atoms with van der Waals surface area (Å²) in [5.74, 6) is -0.233. The summed E-state index contributed by atoms with van der Waals surface area (Å²) in [6.45, 7) is 4.56. The van der Waals surface area contributed by atoms with Gasteiger partial charge in [-0.3, -0.25) is 14.7 Å². The highest BCUT2D eigenvalue weighted by atomic mass is 16.1. The summed E-state index contributed by atoms with van der Waals surface area (Å²) in [5.41, 5.74) is 1.40. The number of hydrogen-bond acceptors (Lipinski definition) is 3. The van der Waals surface area contributed by atoms with Crippen molar-refractivity contribution in [1.29, 1.82) is 0 Å². The molecule has 1 aromatic rings. The van der Waals surface area contributed by atoms with Gasteiger partial charge in [0.15, 0.2) is 11.6 Å². The first kappa shape index (κ1) is 8.64. The number of hydrogen-bond donors (Lipinski definition) is 1. The van der Waals surface area contributed by atoms with Crippen molar-refractivity contribution >= 4 is 11.6 Å². The van der Waals surface area contributed by atoms with Gasteiger partial charge in [-0.25, -0.2) is 0 Å². The van der Waals surface area contributed by atoms with Crippen LogP contribution in [0.3, 0.4) is 0 Å². The van der Waals surface area contributed by atoms with E-state index in [0.29, 0.717) is 17.0 Å². The first-order valence-corrected chi connectivity index (χ1v) is 3.61. The number of Topliss-reactive ketones (excluding diaryl/α,β-unsaturated/α-hetero) is 2. The topological polar surface area (TPSA) is 62.8 Å². The highest BCUT2D eigenvalue weighted by molar-refractivity contribution is 5.99. The Hall–Kier alpha value is -1.45. The van der Waals surface area contributed by atoms with E-state index in [4.69, 9.17) is 0 Å². The van der Waals surface area contributed by atoms with Crippen molar-refractivity contribution in [2.24, 2.45) is 0 Å². The van der Waals surface area contributed by atoms with Crippen molar-refractivity contribution in [1.82, 2.24) is 10.2 Å². The summed E-state index contributed by atoms with van der Waals surface area (Å²) < 4.78 is 0. The highest BCUT2D eigenvalue weighted by Crippen LogP contribution is 2.10. The lowest BCUT2D eigenvalue weighted by Gasteiger charge is -1.91. The summed E-state index contributed by atoms with van der Waals surface area (Å²) in [6, 6.07) is 0. The SMILES string of the molecule is CC(=O)c1n[nH]c(C(C)=O)c1C. The molecule has 0 radical (unpaired) electrons. The Bertz CT molecular complexity index is 307. The maximum absolute atomic E-state index is 10.9. The van der Waals surface area contributed by atoms with E-state index < -0.39 is 0 Å². The number of carbonyl (C=O) groups excluding carboxylic acids is 2. The molecule has 0 aliphatic rings. The van der Waals surface area contributed by atoms with Gasteiger partial charge in [0.1, 0.15) is 11.4 Å². The summed E-state index contributed by atoms with van der Waals surface area (Å²) in [7, 11) is 0. The van der Waals surface area contributed by atoms with Gasteiger partial charge in [-0.05, 0) is 6.92 Å². The van der Waals surface area contributed by atoms with Gasteiger partial charge in [0.05, 0.1) is 0 Å². The van der Waals surface area contributed by atoms with Crippen molar-refractivity contribution in [3.05, 3.63) is 17.0 Å². The molecule has 12 heavy (non-hydrogen) atoms. The molecular formula is C8H10N2O2. The van der Waals surface area contributed by atoms with E-state index in [9.17, 15) is 9.59 Å². The Labute approximate surface area is 70.0 Å². The fourth-order valence-corrected chi connectivity index (χ4v) is 1.08. The predicted molar refractivity (Wildman–Crippen MR) is 43.3 cm³/mol. The lowest BCUT2D eigenvalue weighted by atomic mass is 10.1. The fraction of sp³-hybridized carbons (Fsp3) is 0.375. The first-order valence-electron chi connectivity index (χ1n) is 3.61. The summed E-state index contributed by atoms with van der Waals surface area (Å²) in [5, 5.41) is 6.28. The average molecular weight is 166 g/mol. The molecule has 0 saturated heterocycles. The van der Waals surface area contributed by atoms with E-state index >= 15 is 0 Å². The van der Waals surface area contributed by atoms with E-state index in [1.807, 2.05) is 0 Å². The van der Waals surface area contributed by atoms with Gasteiger partial charge in [0, 0.05) is 19.4 Å². The number of aromatic amines is 1. The Kier molecular flexibility index (Phi) is 2.08. The van der Waals surface area contributed by atoms with Crippen molar-refractivity contribution in [3.8, 4) is 0 Å². The van der Waals surface area contributed by atoms with Gasteiger partial charge in [-0.1, -0.05) is 0 Å². The van der Waals surface area contributed by atoms with Crippen molar-refractivity contribution in [3.63, 3.8) is 0 Å². The standard InChI is InChI=1S/C8H10N2O2/c1-4-7(5(2)11)9-10-8(4)6(3)12/h1-3H3,(H,9,10). The highest BCUT2D eigenvalue weighted by Gasteiger charge is 2.14. The van der Waals surface area contributed by atoms with Gasteiger partial charge in [0.25, 0.3) is 0 Å². The van der Waals surface area contributed by atoms with Gasteiger partial charge in [-0.15, -0.1) is 0 Å². The smallest absolute Gasteiger partial charge is 0.180 e. The van der Waals surface area contributed by atoms with Crippen molar-refractivity contribution in [2.45, 2.75) is 20.8 Å². The molecule has 0 unspecified atom stereocenters. The molecule has 1 N–H and O–H groups in total. The quantitative estimate of drug-likeness (QED) is 0.669. The molecule has 0 atom stereocenters. The molecular weight excluding hydrogens is 156 g/mol. The van der Waals surface area contributed by atoms with Gasteiger partial charge in [0.2, 0.25) is 0 Å². The lowest BCUT2D eigenvalue weighted by molar-refractivity contribution is 0.100. The Morgan fingerprint density at radius 1 is 1.25 bits per heavy atom. The molecule has 0 fully saturated rings. The Morgan fingerprint density at radius 3 is 2.08 bits per heavy atom. The molecule has 0 aliphatic carbocycles. The van der Waals surface area contributed by atoms with Crippen LogP contribution < -0.4 is 0 Å². The lowest BCUT2D eigenvalue weighted by Crippen LogP contribution is -1.97. The molecule has 64 valence electrons. The predicted octanol–water partition coefficient (Wildman–Crippen LogP) is 1.12. The minimum atomic E-state index is -0.128. The molecule has 0 aliphatic heterocycles. The van der Waals surface area contributed by atoms with E-state index in [0.717, 1.165) is 0 Å². The van der Waals surface area contributed by atoms with Crippen LogP contribution in [0.2, 0.25) is 0 Å². The molecule has 1 aromatic heterocycles. The Morgan fingerprint density at radius 2 is 1.83 bits per heavy atom. The van der Waals surface area contributed by atoms with Crippen LogP contribution in [0.4, 0.5) is 0 Å². The summed E-state index contributed by atoms with van der Waals surface area (Å²) in [6.07, 6.45) is 0. The third kappa shape index (κ3) is 1.28. The number of ketones is 2. The van der Waals surface area contributed by atoms with Gasteiger partial charge < -0.3 is 0 Å². The summed E-state index contributed by atoms with van der Waals surface area (Å²) in [4.78, 5) is 21.8. The van der Waals surface area contributed by atoms with Crippen LogP contribution in [-0.2, 0) is 0 Å². The molecule has 1 rings (SSSR count). The minimum absolute atomic E-state index is 0.104. The van der Waals surface area contributed by atoms with E-state index in [-0.39, 0.29) is 11.6 Å². The number of nitrogens with zero attached hydrogens (tertiary/aromatic N) is 1. The zero-order chi connectivity index (χ0) is 9.30. The largest absolute Gasteiger partial charge is 0.293 e. The van der Waals surface area contributed by atoms with Crippen LogP contribution in [-0.4, -0.2) is 21.8 Å². The van der Waals surface area contributed by atoms with Gasteiger partial charge >= 0.3 is 0 Å². The van der Waals surface area contributed by atoms with Crippen LogP contribution in [0.25, 0.3) is 0 Å². The number of nitrogens with one attached hydrogen (secondary N) is 1. The number of carbonyl (C=O) groups is 2. The van der Waals surface area contributed by atoms with Crippen LogP contribution in [0.1, 0.15) is 40.4 Å². The van der Waals surface area contributed by atoms with E-state index in [1.54, 1.807) is 6.92 Å². The molecule has 4 nitrogen and oxygen atoms in total. The van der Waals surface area contributed by atoms with E-state index in [1.165, 1.54) is 13.8 Å². The number of H-pyrrole nitrogens is 1. The molecule has 4 heteroatoms. The normalized spacial score (nSPS) is 9.92. The molecule has 1 heterocycles. The molecule has 0 saturated carbocycles. The van der Waals surface area contributed by atoms with Crippen LogP contribution in [0.15, 0.2) is 0 Å². The van der Waals surface area contributed by atoms with Crippen LogP contribution in [0, 0.1) is 6.92 Å². The van der Waals surface area contributed by atoms with Crippen molar-refractivity contribution < 1.29 is 9.59 Å². The minimum Gasteiger partial charge on any atom is -0.293 e. The van der Waals surface area contributed by atoms with Gasteiger partial charge in [-0.2, -0.15) is 5.10 Å². The maximum atomic E-state index is 10.9. The second kappa shape index (κ2) is 2.89. The number of rotatable bonds is 2. The molecule has 0 aromatic carbocycles. The van der Waals surface area contributed by atoms with E-state index in [2.05, 4.69) is 10.2 Å². The molecule has 0 spiro atoms. The fourth-order valence-electron chi connectivity index (χ4n) is 1.08. The summed E-state index contributed by atoms with van der Waals surface area (Å²) >= 11 is 0. The maximum Gasteiger partial charge on any atom is 0.180 e. The van der Waals surface area contributed by atoms with Crippen molar-refractivity contribution in [2.75, 3.05) is 0 Å². The average Bonchev–Trinajstić information content (AvgIpc) is 2.30. The van der Waals surface area contributed by atoms with Crippen LogP contribution >= 0.6 is 0 Å². The third-order valence-corrected chi connectivity index (χ3v) is 1.70. The first-order chi connectivity index (χ1) is 5.54. The second-order valence-electron chi connectivity index (χ2n) is 2.68. The monoisotopic (exact) mass is 166 g/mol. The number of aromatic nitrogens is 2. The Balaban J connectivity index is 3.22. The second-order valence-corrected chi connectivity index (χ2v) is 2.68. The zero-order valence-electron chi connectivity index (χ0n) is 7.26.